The van der Waals surface area contributed by atoms with Gasteiger partial charge in [-0.1, -0.05) is 0 Å². The lowest BCUT2D eigenvalue weighted by atomic mass is 10.1. The first kappa shape index (κ1) is 15.0. The topological polar surface area (TPSA) is 74.8 Å². The molecule has 0 unspecified atom stereocenters. The van der Waals surface area contributed by atoms with E-state index in [4.69, 9.17) is 9.47 Å². The first-order chi connectivity index (χ1) is 10.6. The number of aliphatic hydroxyl groups excluding tert-OH is 1. The van der Waals surface area contributed by atoms with Crippen LogP contribution in [0, 0.1) is 0 Å². The van der Waals surface area contributed by atoms with Crippen molar-refractivity contribution in [1.29, 1.82) is 0 Å². The molecule has 2 N–H and O–H groups in total. The summed E-state index contributed by atoms with van der Waals surface area (Å²) in [4.78, 5) is 17.1. The molecule has 1 aromatic carbocycles. The van der Waals surface area contributed by atoms with Crippen LogP contribution in [0.4, 0.5) is 0 Å². The molecule has 3 rings (SSSR count). The second-order valence-corrected chi connectivity index (χ2v) is 5.66. The summed E-state index contributed by atoms with van der Waals surface area (Å²) in [5, 5.41) is 10.8. The Morgan fingerprint density at radius 1 is 1.41 bits per heavy atom. The van der Waals surface area contributed by atoms with Crippen LogP contribution in [0.25, 0.3) is 10.9 Å². The third-order valence-electron chi connectivity index (χ3n) is 4.14. The normalized spacial score (nSPS) is 21.6. The number of H-pyrrole nitrogens is 1. The molecule has 0 amide bonds. The average molecular weight is 304 g/mol. The van der Waals surface area contributed by atoms with Gasteiger partial charge in [-0.25, -0.2) is 0 Å². The summed E-state index contributed by atoms with van der Waals surface area (Å²) in [6, 6.07) is 7.39. The Balaban J connectivity index is 1.87. The van der Waals surface area contributed by atoms with Gasteiger partial charge in [0.1, 0.15) is 5.75 Å². The maximum Gasteiger partial charge on any atom is 0.252 e. The zero-order valence-electron chi connectivity index (χ0n) is 12.7. The molecule has 2 atom stereocenters. The van der Waals surface area contributed by atoms with E-state index in [0.29, 0.717) is 31.1 Å². The van der Waals surface area contributed by atoms with E-state index in [1.54, 1.807) is 13.2 Å². The number of fused-ring (bicyclic) bond motifs is 1. The molecular weight excluding hydrogens is 284 g/mol. The van der Waals surface area contributed by atoms with Gasteiger partial charge in [-0.3, -0.25) is 9.69 Å². The Morgan fingerprint density at radius 3 is 2.91 bits per heavy atom. The number of methoxy groups -OCH3 is 1. The van der Waals surface area contributed by atoms with Gasteiger partial charge in [0.2, 0.25) is 0 Å². The van der Waals surface area contributed by atoms with E-state index in [1.165, 1.54) is 0 Å². The smallest absolute Gasteiger partial charge is 0.252 e. The van der Waals surface area contributed by atoms with Crippen LogP contribution >= 0.6 is 0 Å². The van der Waals surface area contributed by atoms with Crippen molar-refractivity contribution in [3.05, 3.63) is 40.2 Å². The van der Waals surface area contributed by atoms with Gasteiger partial charge in [0.15, 0.2) is 0 Å². The highest BCUT2D eigenvalue weighted by molar-refractivity contribution is 5.80. The van der Waals surface area contributed by atoms with E-state index < -0.39 is 6.10 Å². The van der Waals surface area contributed by atoms with Gasteiger partial charge >= 0.3 is 0 Å². The van der Waals surface area contributed by atoms with Crippen molar-refractivity contribution < 1.29 is 14.6 Å². The number of nitrogens with zero attached hydrogens (tertiary/aromatic N) is 1. The highest BCUT2D eigenvalue weighted by atomic mass is 16.5. The van der Waals surface area contributed by atoms with Crippen LogP contribution in [0.15, 0.2) is 29.1 Å². The largest absolute Gasteiger partial charge is 0.497 e. The molecule has 0 bridgehead atoms. The lowest BCUT2D eigenvalue weighted by molar-refractivity contribution is 0.0924. The summed E-state index contributed by atoms with van der Waals surface area (Å²) in [6.45, 7) is 1.30. The minimum absolute atomic E-state index is 0.0778. The predicted octanol–water partition coefficient (Wildman–Crippen LogP) is 0.728. The third-order valence-corrected chi connectivity index (χ3v) is 4.14. The van der Waals surface area contributed by atoms with Gasteiger partial charge in [-0.2, -0.15) is 0 Å². The van der Waals surface area contributed by atoms with Crippen molar-refractivity contribution in [3.63, 3.8) is 0 Å². The number of benzene rings is 1. The van der Waals surface area contributed by atoms with Gasteiger partial charge in [0.05, 0.1) is 38.0 Å². The van der Waals surface area contributed by atoms with E-state index in [0.717, 1.165) is 10.9 Å². The third kappa shape index (κ3) is 2.85. The molecule has 6 nitrogen and oxygen atoms in total. The SMILES string of the molecule is COc1ccc2cc(CN(C)[C@H]3COC[C@@H]3O)c(=O)[nH]c2c1. The van der Waals surface area contributed by atoms with Crippen molar-refractivity contribution in [3.8, 4) is 5.75 Å². The number of hydrogen-bond donors (Lipinski definition) is 2. The number of ether oxygens (including phenoxy) is 2. The number of pyridine rings is 1. The van der Waals surface area contributed by atoms with Crippen molar-refractivity contribution in [1.82, 2.24) is 9.88 Å². The van der Waals surface area contributed by atoms with Gasteiger partial charge in [-0.05, 0) is 30.6 Å². The summed E-state index contributed by atoms with van der Waals surface area (Å²) < 4.78 is 10.4. The number of likely N-dealkylation sites (N-methyl/N-ethyl adjacent to an activating group) is 1. The summed E-state index contributed by atoms with van der Waals surface area (Å²) in [5.74, 6) is 0.708. The molecule has 2 aromatic rings. The molecule has 1 fully saturated rings. The Bertz CT molecular complexity index is 728. The minimum Gasteiger partial charge on any atom is -0.497 e. The zero-order valence-corrected chi connectivity index (χ0v) is 12.7. The van der Waals surface area contributed by atoms with E-state index in [9.17, 15) is 9.90 Å². The number of aliphatic hydroxyl groups is 1. The Kier molecular flexibility index (Phi) is 4.15. The highest BCUT2D eigenvalue weighted by Gasteiger charge is 2.29. The van der Waals surface area contributed by atoms with E-state index in [1.807, 2.05) is 30.1 Å². The van der Waals surface area contributed by atoms with Crippen LogP contribution in [0.3, 0.4) is 0 Å². The van der Waals surface area contributed by atoms with Crippen LogP contribution < -0.4 is 10.3 Å². The number of nitrogens with one attached hydrogen (secondary N) is 1. The summed E-state index contributed by atoms with van der Waals surface area (Å²) in [5.41, 5.74) is 1.29. The predicted molar refractivity (Wildman–Crippen MR) is 83.2 cm³/mol. The summed E-state index contributed by atoms with van der Waals surface area (Å²) in [7, 11) is 3.48. The Morgan fingerprint density at radius 2 is 2.23 bits per heavy atom. The monoisotopic (exact) mass is 304 g/mol. The molecular formula is C16H20N2O4. The van der Waals surface area contributed by atoms with Crippen molar-refractivity contribution >= 4 is 10.9 Å². The van der Waals surface area contributed by atoms with Crippen molar-refractivity contribution in [2.45, 2.75) is 18.7 Å². The Labute approximate surface area is 128 Å². The summed E-state index contributed by atoms with van der Waals surface area (Å²) >= 11 is 0. The van der Waals surface area contributed by atoms with Crippen LogP contribution in [0.5, 0.6) is 5.75 Å². The van der Waals surface area contributed by atoms with Crippen molar-refractivity contribution in [2.24, 2.45) is 0 Å². The highest BCUT2D eigenvalue weighted by Crippen LogP contribution is 2.19. The molecule has 1 aromatic heterocycles. The standard InChI is InChI=1S/C16H20N2O4/c1-18(14-8-22-9-15(14)19)7-11-5-10-3-4-12(21-2)6-13(10)17-16(11)20/h3-6,14-15,19H,7-9H2,1-2H3,(H,17,20)/t14-,15-/m0/s1. The van der Waals surface area contributed by atoms with Gasteiger partial charge in [0.25, 0.3) is 5.56 Å². The average Bonchev–Trinajstić information content (AvgIpc) is 2.93. The molecule has 22 heavy (non-hydrogen) atoms. The molecule has 118 valence electrons. The first-order valence-corrected chi connectivity index (χ1v) is 7.24. The lowest BCUT2D eigenvalue weighted by Crippen LogP contribution is -2.40. The molecule has 0 aliphatic carbocycles. The molecule has 2 heterocycles. The summed E-state index contributed by atoms with van der Waals surface area (Å²) in [6.07, 6.45) is -0.506. The van der Waals surface area contributed by atoms with Gasteiger partial charge in [0, 0.05) is 18.2 Å². The van der Waals surface area contributed by atoms with Gasteiger partial charge < -0.3 is 19.6 Å². The minimum atomic E-state index is -0.506. The number of aromatic amines is 1. The fraction of sp³-hybridized carbons (Fsp3) is 0.438. The first-order valence-electron chi connectivity index (χ1n) is 7.24. The molecule has 0 radical (unpaired) electrons. The van der Waals surface area contributed by atoms with Crippen molar-refractivity contribution in [2.75, 3.05) is 27.4 Å². The van der Waals surface area contributed by atoms with E-state index in [-0.39, 0.29) is 11.6 Å². The van der Waals surface area contributed by atoms with Gasteiger partial charge in [-0.15, -0.1) is 0 Å². The fourth-order valence-corrected chi connectivity index (χ4v) is 2.81. The maximum absolute atomic E-state index is 12.2. The molecule has 0 saturated carbocycles. The lowest BCUT2D eigenvalue weighted by Gasteiger charge is -2.25. The second-order valence-electron chi connectivity index (χ2n) is 5.66. The van der Waals surface area contributed by atoms with E-state index in [2.05, 4.69) is 4.98 Å². The molecule has 0 spiro atoms. The maximum atomic E-state index is 12.2. The fourth-order valence-electron chi connectivity index (χ4n) is 2.81. The van der Waals surface area contributed by atoms with E-state index >= 15 is 0 Å². The number of aromatic nitrogens is 1. The quantitative estimate of drug-likeness (QED) is 0.871. The molecule has 1 aliphatic heterocycles. The number of hydrogen-bond acceptors (Lipinski definition) is 5. The number of rotatable bonds is 4. The van der Waals surface area contributed by atoms with Crippen LogP contribution in [0.1, 0.15) is 5.56 Å². The molecule has 6 heteroatoms. The Hall–Kier alpha value is -1.89. The molecule has 1 saturated heterocycles. The van der Waals surface area contributed by atoms with Crippen LogP contribution in [-0.4, -0.2) is 54.5 Å². The van der Waals surface area contributed by atoms with Crippen LogP contribution in [0.2, 0.25) is 0 Å². The van der Waals surface area contributed by atoms with Crippen LogP contribution in [-0.2, 0) is 11.3 Å². The zero-order chi connectivity index (χ0) is 15.7. The molecule has 1 aliphatic rings. The second kappa shape index (κ2) is 6.08.